The van der Waals surface area contributed by atoms with Gasteiger partial charge in [-0.15, -0.1) is 0 Å². The minimum absolute atomic E-state index is 0.0346. The molecule has 4 rings (SSSR count). The Kier molecular flexibility index (Phi) is 8.57. The lowest BCUT2D eigenvalue weighted by Crippen LogP contribution is -2.51. The van der Waals surface area contributed by atoms with Crippen molar-refractivity contribution in [3.63, 3.8) is 0 Å². The average molecular weight is 472 g/mol. The minimum Gasteiger partial charge on any atom is -0.385 e. The van der Waals surface area contributed by atoms with E-state index in [0.29, 0.717) is 36.7 Å². The van der Waals surface area contributed by atoms with Gasteiger partial charge in [-0.2, -0.15) is 0 Å². The van der Waals surface area contributed by atoms with Crippen molar-refractivity contribution in [3.8, 4) is 0 Å². The molecule has 0 radical (unpaired) electrons. The van der Waals surface area contributed by atoms with E-state index in [-0.39, 0.29) is 29.5 Å². The molecule has 34 heavy (non-hydrogen) atoms. The predicted molar refractivity (Wildman–Crippen MR) is 132 cm³/mol. The summed E-state index contributed by atoms with van der Waals surface area (Å²) in [5, 5.41) is 3.54. The Labute approximate surface area is 204 Å². The zero-order chi connectivity index (χ0) is 24.1. The van der Waals surface area contributed by atoms with Crippen molar-refractivity contribution in [2.45, 2.75) is 77.0 Å². The largest absolute Gasteiger partial charge is 0.385 e. The summed E-state index contributed by atoms with van der Waals surface area (Å²) in [6.07, 6.45) is 10.7. The molecule has 188 valence electrons. The van der Waals surface area contributed by atoms with Crippen molar-refractivity contribution in [1.29, 1.82) is 0 Å². The molecule has 1 aliphatic heterocycles. The summed E-state index contributed by atoms with van der Waals surface area (Å²) >= 11 is 0. The Morgan fingerprint density at radius 2 is 2.00 bits per heavy atom. The van der Waals surface area contributed by atoms with E-state index in [1.165, 1.54) is 18.8 Å². The molecule has 2 saturated carbocycles. The molecular weight excluding hydrogens is 429 g/mol. The van der Waals surface area contributed by atoms with Gasteiger partial charge in [-0.3, -0.25) is 4.79 Å². The zero-order valence-electron chi connectivity index (χ0n) is 21.0. The molecule has 0 amide bonds. The van der Waals surface area contributed by atoms with Gasteiger partial charge in [-0.1, -0.05) is 31.4 Å². The number of nitrogens with one attached hydrogen (secondary N) is 1. The van der Waals surface area contributed by atoms with Gasteiger partial charge in [0.1, 0.15) is 17.9 Å². The number of benzene rings is 1. The number of methoxy groups -OCH3 is 1. The number of hydrogen-bond acceptors (Lipinski definition) is 4. The van der Waals surface area contributed by atoms with Crippen LogP contribution >= 0.6 is 0 Å². The van der Waals surface area contributed by atoms with Crippen LogP contribution in [0.5, 0.6) is 0 Å². The molecule has 4 nitrogen and oxygen atoms in total. The SMILES string of the molecule is COCCC1(C=O)CC(C(=O)C2CCCCC2)C(c2cccc(F)c2C)CC1C1CCCNC1. The maximum atomic E-state index is 14.7. The van der Waals surface area contributed by atoms with Crippen LogP contribution in [0.2, 0.25) is 0 Å². The molecule has 3 aliphatic rings. The monoisotopic (exact) mass is 471 g/mol. The number of carbonyl (C=O) groups excluding carboxylic acids is 2. The van der Waals surface area contributed by atoms with Gasteiger partial charge in [0.15, 0.2) is 0 Å². The number of piperidine rings is 1. The molecule has 3 fully saturated rings. The molecule has 0 spiro atoms. The molecule has 1 N–H and O–H groups in total. The number of ether oxygens (including phenoxy) is 1. The van der Waals surface area contributed by atoms with E-state index in [2.05, 4.69) is 5.32 Å². The number of ketones is 1. The maximum Gasteiger partial charge on any atom is 0.139 e. The fourth-order valence-corrected chi connectivity index (χ4v) is 7.39. The van der Waals surface area contributed by atoms with Gasteiger partial charge in [0.2, 0.25) is 0 Å². The van der Waals surface area contributed by atoms with E-state index < -0.39 is 5.41 Å². The van der Waals surface area contributed by atoms with Crippen LogP contribution in [0.3, 0.4) is 0 Å². The van der Waals surface area contributed by atoms with Crippen LogP contribution in [0.15, 0.2) is 18.2 Å². The number of rotatable bonds is 8. The first kappa shape index (κ1) is 25.5. The summed E-state index contributed by atoms with van der Waals surface area (Å²) in [6.45, 7) is 4.29. The summed E-state index contributed by atoms with van der Waals surface area (Å²) in [5.74, 6) is 0.468. The van der Waals surface area contributed by atoms with Gasteiger partial charge in [0.05, 0.1) is 0 Å². The first-order valence-corrected chi connectivity index (χ1v) is 13.5. The molecule has 0 aromatic heterocycles. The Balaban J connectivity index is 1.75. The van der Waals surface area contributed by atoms with E-state index >= 15 is 0 Å². The summed E-state index contributed by atoms with van der Waals surface area (Å²) in [7, 11) is 1.68. The van der Waals surface area contributed by atoms with E-state index in [0.717, 1.165) is 63.6 Å². The van der Waals surface area contributed by atoms with Crippen molar-refractivity contribution in [3.05, 3.63) is 35.1 Å². The molecule has 5 heteroatoms. The maximum absolute atomic E-state index is 14.7. The molecule has 1 aromatic rings. The second kappa shape index (κ2) is 11.4. The van der Waals surface area contributed by atoms with Crippen LogP contribution in [0.1, 0.15) is 81.3 Å². The molecule has 1 aromatic carbocycles. The first-order valence-electron chi connectivity index (χ1n) is 13.5. The molecular formula is C29H42FNO3. The van der Waals surface area contributed by atoms with E-state index in [4.69, 9.17) is 4.74 Å². The van der Waals surface area contributed by atoms with Crippen molar-refractivity contribution < 1.29 is 18.7 Å². The number of hydrogen-bond donors (Lipinski definition) is 1. The summed E-state index contributed by atoms with van der Waals surface area (Å²) in [5.41, 5.74) is 1.06. The van der Waals surface area contributed by atoms with Gasteiger partial charge in [-0.05, 0) is 99.9 Å². The molecule has 1 heterocycles. The Morgan fingerprint density at radius 1 is 1.21 bits per heavy atom. The Morgan fingerprint density at radius 3 is 2.68 bits per heavy atom. The fraction of sp³-hybridized carbons (Fsp3) is 0.724. The van der Waals surface area contributed by atoms with Gasteiger partial charge in [0, 0.05) is 31.0 Å². The minimum atomic E-state index is -0.563. The topological polar surface area (TPSA) is 55.4 Å². The van der Waals surface area contributed by atoms with Gasteiger partial charge in [-0.25, -0.2) is 4.39 Å². The predicted octanol–water partition coefficient (Wildman–Crippen LogP) is 5.61. The highest BCUT2D eigenvalue weighted by atomic mass is 19.1. The third kappa shape index (κ3) is 5.16. The Bertz CT molecular complexity index is 846. The van der Waals surface area contributed by atoms with Gasteiger partial charge < -0.3 is 14.8 Å². The zero-order valence-corrected chi connectivity index (χ0v) is 21.0. The molecule has 1 saturated heterocycles. The third-order valence-electron chi connectivity index (χ3n) is 9.32. The van der Waals surface area contributed by atoms with E-state index in [9.17, 15) is 14.0 Å². The second-order valence-corrected chi connectivity index (χ2v) is 11.2. The average Bonchev–Trinajstić information content (AvgIpc) is 2.89. The Hall–Kier alpha value is -1.59. The van der Waals surface area contributed by atoms with E-state index in [1.807, 2.05) is 13.0 Å². The third-order valence-corrected chi connectivity index (χ3v) is 9.32. The number of Topliss-reactive ketones (excluding diaryl/α,β-unsaturated/α-hetero) is 1. The van der Waals surface area contributed by atoms with Crippen LogP contribution < -0.4 is 5.32 Å². The van der Waals surface area contributed by atoms with Crippen molar-refractivity contribution in [2.75, 3.05) is 26.8 Å². The second-order valence-electron chi connectivity index (χ2n) is 11.2. The number of halogens is 1. The lowest BCUT2D eigenvalue weighted by molar-refractivity contribution is -0.138. The molecule has 0 bridgehead atoms. The highest BCUT2D eigenvalue weighted by molar-refractivity contribution is 5.85. The van der Waals surface area contributed by atoms with Crippen molar-refractivity contribution >= 4 is 12.1 Å². The standard InChI is InChI=1S/C29H42FNO3/c1-20-23(11-6-12-27(20)30)24-16-26(22-10-7-14-31-18-22)29(19-32,13-15-34-2)17-25(24)28(33)21-8-4-3-5-9-21/h6,11-12,19,21-22,24-26,31H,3-5,7-10,13-18H2,1-2H3. The smallest absolute Gasteiger partial charge is 0.139 e. The van der Waals surface area contributed by atoms with Crippen LogP contribution in [-0.4, -0.2) is 38.9 Å². The highest BCUT2D eigenvalue weighted by Gasteiger charge is 2.53. The molecule has 2 aliphatic carbocycles. The van der Waals surface area contributed by atoms with Crippen molar-refractivity contribution in [2.24, 2.45) is 29.1 Å². The van der Waals surface area contributed by atoms with Crippen LogP contribution in [0.4, 0.5) is 4.39 Å². The lowest BCUT2D eigenvalue weighted by atomic mass is 9.52. The molecule has 5 atom stereocenters. The molecule has 5 unspecified atom stereocenters. The summed E-state index contributed by atoms with van der Waals surface area (Å²) in [4.78, 5) is 26.9. The number of aldehydes is 1. The van der Waals surface area contributed by atoms with Gasteiger partial charge >= 0.3 is 0 Å². The van der Waals surface area contributed by atoms with Gasteiger partial charge in [0.25, 0.3) is 0 Å². The van der Waals surface area contributed by atoms with Crippen molar-refractivity contribution in [1.82, 2.24) is 5.32 Å². The first-order chi connectivity index (χ1) is 16.5. The summed E-state index contributed by atoms with van der Waals surface area (Å²) < 4.78 is 20.1. The van der Waals surface area contributed by atoms with Crippen LogP contribution in [0, 0.1) is 41.8 Å². The normalized spacial score (nSPS) is 32.9. The fourth-order valence-electron chi connectivity index (χ4n) is 7.39. The highest BCUT2D eigenvalue weighted by Crippen LogP contribution is 2.56. The number of carbonyl (C=O) groups is 2. The lowest BCUT2D eigenvalue weighted by Gasteiger charge is -2.51. The van der Waals surface area contributed by atoms with Crippen LogP contribution in [0.25, 0.3) is 0 Å². The van der Waals surface area contributed by atoms with Crippen LogP contribution in [-0.2, 0) is 14.3 Å². The quantitative estimate of drug-likeness (QED) is 0.501. The van der Waals surface area contributed by atoms with E-state index in [1.54, 1.807) is 13.2 Å². The summed E-state index contributed by atoms with van der Waals surface area (Å²) in [6, 6.07) is 5.31.